The van der Waals surface area contributed by atoms with E-state index >= 15 is 0 Å². The van der Waals surface area contributed by atoms with E-state index < -0.39 is 47.5 Å². The minimum atomic E-state index is -1.36. The van der Waals surface area contributed by atoms with Crippen molar-refractivity contribution in [3.8, 4) is 11.1 Å². The predicted octanol–water partition coefficient (Wildman–Crippen LogP) is 3.12. The number of benzene rings is 2. The Morgan fingerprint density at radius 2 is 1.67 bits per heavy atom. The molecule has 0 radical (unpaired) electrons. The normalized spacial score (nSPS) is 32.2. The fraction of sp³-hybridized carbons (Fsp3) is 0.600. The molecule has 2 heterocycles. The highest BCUT2D eigenvalue weighted by atomic mass is 35.5. The summed E-state index contributed by atoms with van der Waals surface area (Å²) in [6.45, 7) is 2.57. The molecule has 9 heteroatoms. The molecule has 2 aromatic rings. The van der Waals surface area contributed by atoms with Crippen LogP contribution in [0.2, 0.25) is 0 Å². The van der Waals surface area contributed by atoms with Gasteiger partial charge in [-0.2, -0.15) is 0 Å². The molecule has 2 saturated heterocycles. The van der Waals surface area contributed by atoms with Crippen molar-refractivity contribution in [1.29, 1.82) is 0 Å². The van der Waals surface area contributed by atoms with Crippen molar-refractivity contribution in [3.05, 3.63) is 60.2 Å². The lowest BCUT2D eigenvalue weighted by atomic mass is 9.91. The first-order chi connectivity index (χ1) is 18.8. The first kappa shape index (κ1) is 30.8. The molecule has 2 fully saturated rings. The van der Waals surface area contributed by atoms with Crippen LogP contribution in [0.4, 0.5) is 0 Å². The van der Waals surface area contributed by atoms with Crippen LogP contribution >= 0.6 is 23.4 Å². The molecular weight excluding hydrogens is 536 g/mol. The third kappa shape index (κ3) is 7.97. The third-order valence-electron chi connectivity index (χ3n) is 8.18. The highest BCUT2D eigenvalue weighted by Crippen LogP contribution is 2.31. The fourth-order valence-electron chi connectivity index (χ4n) is 5.73. The predicted molar refractivity (Wildman–Crippen MR) is 158 cm³/mol. The third-order valence-corrected chi connectivity index (χ3v) is 9.31. The molecule has 216 valence electrons. The molecule has 2 aromatic carbocycles. The summed E-state index contributed by atoms with van der Waals surface area (Å²) < 4.78 is 5.91. The van der Waals surface area contributed by atoms with Crippen molar-refractivity contribution in [3.63, 3.8) is 0 Å². The van der Waals surface area contributed by atoms with Crippen molar-refractivity contribution in [2.45, 2.75) is 92.6 Å². The zero-order chi connectivity index (χ0) is 27.9. The molecule has 0 bridgehead atoms. The number of nitrogens with one attached hydrogen (secondary N) is 2. The van der Waals surface area contributed by atoms with Crippen LogP contribution < -0.4 is 10.6 Å². The maximum absolute atomic E-state index is 11.1. The number of aryl methyl sites for hydroxylation is 1. The van der Waals surface area contributed by atoms with Crippen LogP contribution in [0, 0.1) is 5.92 Å². The number of alkyl halides is 1. The average Bonchev–Trinajstić information content (AvgIpc) is 3.20. The number of halogens is 1. The van der Waals surface area contributed by atoms with Gasteiger partial charge in [0.1, 0.15) is 36.1 Å². The van der Waals surface area contributed by atoms with E-state index in [0.717, 1.165) is 38.6 Å². The van der Waals surface area contributed by atoms with Crippen molar-refractivity contribution >= 4 is 23.4 Å². The number of hydrogen-bond acceptors (Lipinski definition) is 8. The Labute approximate surface area is 241 Å². The molecule has 0 aromatic heterocycles. The average molecular weight is 579 g/mol. The first-order valence-corrected chi connectivity index (χ1v) is 15.7. The number of aliphatic hydroxyl groups is 4. The monoisotopic (exact) mass is 578 g/mol. The zero-order valence-electron chi connectivity index (χ0n) is 22.7. The largest absolute Gasteiger partial charge is 0.388 e. The quantitative estimate of drug-likeness (QED) is 0.188. The summed E-state index contributed by atoms with van der Waals surface area (Å²) in [7, 11) is 0. The van der Waals surface area contributed by atoms with Gasteiger partial charge >= 0.3 is 0 Å². The summed E-state index contributed by atoms with van der Waals surface area (Å²) >= 11 is 7.72. The first-order valence-electron chi connectivity index (χ1n) is 14.0. The maximum atomic E-state index is 11.1. The van der Waals surface area contributed by atoms with E-state index in [1.807, 2.05) is 6.07 Å². The number of rotatable bonds is 10. The molecule has 0 spiro atoms. The molecule has 7 nitrogen and oxygen atoms in total. The lowest BCUT2D eigenvalue weighted by Gasteiger charge is -2.44. The van der Waals surface area contributed by atoms with Gasteiger partial charge in [0.05, 0.1) is 6.04 Å². The number of aliphatic hydroxyl groups excluding tert-OH is 4. The van der Waals surface area contributed by atoms with Crippen LogP contribution in [0.25, 0.3) is 11.1 Å². The summed E-state index contributed by atoms with van der Waals surface area (Å²) in [6, 6.07) is 18.4. The SMILES string of the molecule is CSC1O[C@H]([C@H](NC(O)C2CC[C@H](CCc3ccc(-c4ccccc4)cc3)CCN2)[C@H](C)Cl)[C@@H](O)C(O)[C@H]1O. The van der Waals surface area contributed by atoms with Crippen LogP contribution in [0.15, 0.2) is 54.6 Å². The highest BCUT2D eigenvalue weighted by molar-refractivity contribution is 7.99. The smallest absolute Gasteiger partial charge is 0.132 e. The Balaban J connectivity index is 1.28. The number of thioether (sulfide) groups is 1. The van der Waals surface area contributed by atoms with E-state index in [2.05, 4.69) is 59.2 Å². The van der Waals surface area contributed by atoms with E-state index in [4.69, 9.17) is 16.3 Å². The van der Waals surface area contributed by atoms with Gasteiger partial charge < -0.3 is 30.5 Å². The molecule has 39 heavy (non-hydrogen) atoms. The van der Waals surface area contributed by atoms with Crippen LogP contribution in [-0.4, -0.2) is 86.8 Å². The second-order valence-electron chi connectivity index (χ2n) is 10.9. The summed E-state index contributed by atoms with van der Waals surface area (Å²) in [6.07, 6.45) is 1.06. The van der Waals surface area contributed by atoms with E-state index in [-0.39, 0.29) is 6.04 Å². The van der Waals surface area contributed by atoms with Gasteiger partial charge in [0.25, 0.3) is 0 Å². The van der Waals surface area contributed by atoms with E-state index in [1.165, 1.54) is 28.5 Å². The topological polar surface area (TPSA) is 114 Å². The second-order valence-corrected chi connectivity index (χ2v) is 12.5. The van der Waals surface area contributed by atoms with Gasteiger partial charge in [0.15, 0.2) is 0 Å². The standard InChI is InChI=1S/C30H43ClN2O5S/c1-18(31)24(28-26(35)25(34)27(36)30(38-28)39-2)33-29(37)23-15-12-20(16-17-32-23)9-8-19-10-13-22(14-11-19)21-6-4-3-5-7-21/h3-7,10-11,13-14,18,20,23-30,32-37H,8-9,12,15-17H2,1-2H3/t18-,20-,23?,24+,25?,26-,27+,28+,29?,30?/m0/s1. The van der Waals surface area contributed by atoms with Crippen molar-refractivity contribution in [2.24, 2.45) is 5.92 Å². The second kappa shape index (κ2) is 14.6. The van der Waals surface area contributed by atoms with E-state index in [1.54, 1.807) is 13.2 Å². The van der Waals surface area contributed by atoms with Gasteiger partial charge in [-0.3, -0.25) is 5.32 Å². The van der Waals surface area contributed by atoms with Gasteiger partial charge in [0, 0.05) is 11.4 Å². The molecule has 4 rings (SSSR count). The van der Waals surface area contributed by atoms with Gasteiger partial charge in [-0.05, 0) is 74.4 Å². The van der Waals surface area contributed by atoms with E-state index in [9.17, 15) is 20.4 Å². The fourth-order valence-corrected chi connectivity index (χ4v) is 6.62. The lowest BCUT2D eigenvalue weighted by molar-refractivity contribution is -0.207. The highest BCUT2D eigenvalue weighted by Gasteiger charge is 2.48. The number of ether oxygens (including phenoxy) is 1. The van der Waals surface area contributed by atoms with E-state index in [0.29, 0.717) is 5.92 Å². The molecule has 0 saturated carbocycles. The Bertz CT molecular complexity index is 999. The molecule has 0 aliphatic carbocycles. The number of hydrogen-bond donors (Lipinski definition) is 6. The Hall–Kier alpha value is -1.20. The molecule has 2 aliphatic rings. The van der Waals surface area contributed by atoms with Crippen LogP contribution in [-0.2, 0) is 11.2 Å². The van der Waals surface area contributed by atoms with Crippen LogP contribution in [0.5, 0.6) is 0 Å². The van der Waals surface area contributed by atoms with Crippen LogP contribution in [0.3, 0.4) is 0 Å². The maximum Gasteiger partial charge on any atom is 0.132 e. The van der Waals surface area contributed by atoms with Gasteiger partial charge in [-0.1, -0.05) is 54.6 Å². The van der Waals surface area contributed by atoms with Crippen LogP contribution in [0.1, 0.15) is 38.2 Å². The summed E-state index contributed by atoms with van der Waals surface area (Å²) in [5.74, 6) is 0.564. The lowest BCUT2D eigenvalue weighted by Crippen LogP contribution is -2.66. The molecule has 2 aliphatic heterocycles. The minimum Gasteiger partial charge on any atom is -0.388 e. The molecule has 4 unspecified atom stereocenters. The van der Waals surface area contributed by atoms with Gasteiger partial charge in [0.2, 0.25) is 0 Å². The molecular formula is C30H43ClN2O5S. The summed E-state index contributed by atoms with van der Waals surface area (Å²) in [5.41, 5.74) is 3.10. The molecule has 6 N–H and O–H groups in total. The van der Waals surface area contributed by atoms with Gasteiger partial charge in [-0.25, -0.2) is 0 Å². The Morgan fingerprint density at radius 1 is 0.974 bits per heavy atom. The molecule has 10 atom stereocenters. The minimum absolute atomic E-state index is 0.175. The molecule has 0 amide bonds. The van der Waals surface area contributed by atoms with Crippen molar-refractivity contribution in [2.75, 3.05) is 12.8 Å². The summed E-state index contributed by atoms with van der Waals surface area (Å²) in [4.78, 5) is 0. The Kier molecular flexibility index (Phi) is 11.5. The zero-order valence-corrected chi connectivity index (χ0v) is 24.3. The van der Waals surface area contributed by atoms with Crippen molar-refractivity contribution < 1.29 is 25.2 Å². The Morgan fingerprint density at radius 3 is 2.33 bits per heavy atom. The summed E-state index contributed by atoms with van der Waals surface area (Å²) in [5, 5.41) is 48.4. The van der Waals surface area contributed by atoms with Gasteiger partial charge in [-0.15, -0.1) is 23.4 Å². The van der Waals surface area contributed by atoms with Crippen molar-refractivity contribution in [1.82, 2.24) is 10.6 Å².